The van der Waals surface area contributed by atoms with Gasteiger partial charge >= 0.3 is 0 Å². The minimum atomic E-state index is -1.46. The van der Waals surface area contributed by atoms with E-state index in [2.05, 4.69) is 27.4 Å². The number of primary amides is 1. The molecular weight excluding hydrogens is 1440 g/mol. The van der Waals surface area contributed by atoms with E-state index in [4.69, 9.17) is 15.2 Å². The number of alkyl halides is 1. The number of aliphatic hydroxyl groups is 1. The number of morpholine rings is 1. The predicted octanol–water partition coefficient (Wildman–Crippen LogP) is 3.09. The van der Waals surface area contributed by atoms with Gasteiger partial charge in [-0.2, -0.15) is 0 Å². The number of carbonyl (C=O) groups excluding carboxylic acids is 12. The Balaban J connectivity index is 2.01. The van der Waals surface area contributed by atoms with Crippen molar-refractivity contribution in [2.45, 2.75) is 211 Å². The number of halogens is 1. The summed E-state index contributed by atoms with van der Waals surface area (Å²) in [6.45, 7) is 26.8. The smallest absolute Gasteiger partial charge is 0.247 e. The number of likely N-dealkylation sites (tertiary alicyclic amines) is 1. The van der Waals surface area contributed by atoms with Crippen LogP contribution in [0.4, 0.5) is 0 Å². The van der Waals surface area contributed by atoms with Crippen LogP contribution in [0.15, 0.2) is 43.0 Å². The molecule has 1 aromatic rings. The summed E-state index contributed by atoms with van der Waals surface area (Å²) in [6.07, 6.45) is 3.81. The van der Waals surface area contributed by atoms with E-state index in [1.165, 1.54) is 79.8 Å². The van der Waals surface area contributed by atoms with Gasteiger partial charge in [-0.15, -0.1) is 6.58 Å². The Bertz CT molecular complexity index is 2950. The van der Waals surface area contributed by atoms with Crippen molar-refractivity contribution in [3.05, 3.63) is 48.6 Å². The summed E-state index contributed by atoms with van der Waals surface area (Å²) >= 11 is 1.85. The number of rotatable bonds is 43. The molecule has 6 N–H and O–H groups in total. The molecule has 2 fully saturated rings. The highest BCUT2D eigenvalue weighted by Crippen LogP contribution is 2.23. The number of nitrogens with zero attached hydrogens (tertiary/aromatic N) is 9. The zero-order valence-corrected chi connectivity index (χ0v) is 66.7. The first-order chi connectivity index (χ1) is 48.4. The number of hydrogen-bond acceptors (Lipinski definition) is 16. The fraction of sp³-hybridized carbons (Fsp3) is 0.730. The molecule has 103 heavy (non-hydrogen) atoms. The highest BCUT2D eigenvalue weighted by Gasteiger charge is 2.43. The summed E-state index contributed by atoms with van der Waals surface area (Å²) < 4.78 is 10.9. The Kier molecular flexibility index (Phi) is 39.4. The zero-order valence-electron chi connectivity index (χ0n) is 64.5. The van der Waals surface area contributed by atoms with E-state index in [1.807, 2.05) is 89.3 Å². The minimum Gasteiger partial charge on any atom is -0.392 e. The lowest BCUT2D eigenvalue weighted by Crippen LogP contribution is -2.61. The summed E-state index contributed by atoms with van der Waals surface area (Å²) in [5.74, 6) is -8.71. The van der Waals surface area contributed by atoms with Gasteiger partial charge in [-0.3, -0.25) is 62.4 Å². The Hall–Kier alpha value is -6.83. The number of nitrogens with one attached hydrogen (secondary N) is 3. The number of likely N-dealkylation sites (N-methyl/N-ethyl adjacent to an activating group) is 6. The van der Waals surface area contributed by atoms with Crippen LogP contribution < -0.4 is 21.7 Å². The molecule has 1 aromatic carbocycles. The average molecular weight is 1560 g/mol. The van der Waals surface area contributed by atoms with E-state index in [0.29, 0.717) is 65.2 Å². The maximum Gasteiger partial charge on any atom is 0.247 e. The third kappa shape index (κ3) is 27.9. The molecule has 0 saturated carbocycles. The molecule has 11 atom stereocenters. The van der Waals surface area contributed by atoms with Gasteiger partial charge in [0.15, 0.2) is 0 Å². The van der Waals surface area contributed by atoms with Gasteiger partial charge in [0.2, 0.25) is 70.9 Å². The summed E-state index contributed by atoms with van der Waals surface area (Å²) in [5.41, 5.74) is 6.56. The number of piperidine rings is 1. The van der Waals surface area contributed by atoms with Crippen molar-refractivity contribution in [2.75, 3.05) is 115 Å². The van der Waals surface area contributed by atoms with Crippen LogP contribution in [0.25, 0.3) is 0 Å². The number of ether oxygens (including phenoxy) is 2. The quantitative estimate of drug-likeness (QED) is 0.0271. The van der Waals surface area contributed by atoms with Gasteiger partial charge in [0.25, 0.3) is 0 Å². The maximum absolute atomic E-state index is 15.2. The molecule has 0 aromatic heterocycles. The molecule has 0 spiro atoms. The van der Waals surface area contributed by atoms with Crippen LogP contribution in [0.1, 0.15) is 146 Å². The molecule has 29 heteroatoms. The summed E-state index contributed by atoms with van der Waals surface area (Å²) in [6, 6.07) is -2.32. The lowest BCUT2D eigenvalue weighted by molar-refractivity contribution is -0.151. The SMILES string of the molecule is C=C[C@@H](C(=O)N[C@H](C(=O)N(C)[C@@H](Cc1ccccc1)C(=O)N(C)[C@@H](CC(C)C)C(N)=O)C(C)C)N(C)C(=O)[C@H](CC(C)C)N(C)C(=O)C(COCCN1CCOCC1)NC(=O)[C@H](CC)N(C)C(=O)C[C@H](NC(=O)[C@H](CC(C)C)N(C)C(=O)CN(CCCC)C(=O)[C@@H](I)[C@@H](C)O)C(=O)N1CCCCC1. The Labute approximate surface area is 626 Å². The molecule has 1 unspecified atom stereocenters. The molecule has 2 saturated heterocycles. The van der Waals surface area contributed by atoms with Crippen LogP contribution in [-0.4, -0.2) is 299 Å². The molecule has 0 aliphatic carbocycles. The minimum absolute atomic E-state index is 0.00262. The van der Waals surface area contributed by atoms with Crippen molar-refractivity contribution in [3.63, 3.8) is 0 Å². The van der Waals surface area contributed by atoms with Gasteiger partial charge in [0.1, 0.15) is 58.3 Å². The molecule has 12 amide bonds. The molecule has 0 bridgehead atoms. The normalized spacial score (nSPS) is 16.7. The van der Waals surface area contributed by atoms with Gasteiger partial charge in [-0.1, -0.05) is 135 Å². The van der Waals surface area contributed by atoms with E-state index in [-0.39, 0.29) is 76.2 Å². The van der Waals surface area contributed by atoms with Crippen molar-refractivity contribution in [3.8, 4) is 0 Å². The van der Waals surface area contributed by atoms with E-state index < -0.39 is 148 Å². The third-order valence-electron chi connectivity index (χ3n) is 19.2. The van der Waals surface area contributed by atoms with Gasteiger partial charge in [0.05, 0.1) is 45.5 Å². The van der Waals surface area contributed by atoms with Crippen molar-refractivity contribution in [1.29, 1.82) is 0 Å². The van der Waals surface area contributed by atoms with Gasteiger partial charge in [0, 0.05) is 88.0 Å². The number of aliphatic hydroxyl groups excluding tert-OH is 1. The Morgan fingerprint density at radius 3 is 1.68 bits per heavy atom. The summed E-state index contributed by atoms with van der Waals surface area (Å²) in [7, 11) is 8.55. The molecule has 2 aliphatic rings. The Morgan fingerprint density at radius 1 is 0.621 bits per heavy atom. The van der Waals surface area contributed by atoms with Gasteiger partial charge in [-0.05, 0) is 87.5 Å². The molecule has 582 valence electrons. The highest BCUT2D eigenvalue weighted by atomic mass is 127. The van der Waals surface area contributed by atoms with Crippen LogP contribution in [0.5, 0.6) is 0 Å². The largest absolute Gasteiger partial charge is 0.392 e. The lowest BCUT2D eigenvalue weighted by atomic mass is 9.97. The molecule has 2 aliphatic heterocycles. The van der Waals surface area contributed by atoms with Crippen LogP contribution in [-0.2, 0) is 73.4 Å². The van der Waals surface area contributed by atoms with Gasteiger partial charge in [-0.25, -0.2) is 0 Å². The number of amides is 12. The number of benzene rings is 1. The zero-order chi connectivity index (χ0) is 77.7. The molecular formula is C74H124IN13O15. The van der Waals surface area contributed by atoms with Crippen LogP contribution in [0.3, 0.4) is 0 Å². The number of carbonyl (C=O) groups is 12. The fourth-order valence-corrected chi connectivity index (χ4v) is 13.1. The first kappa shape index (κ1) is 90.4. The molecule has 2 heterocycles. The highest BCUT2D eigenvalue weighted by molar-refractivity contribution is 14.1. The van der Waals surface area contributed by atoms with Gasteiger partial charge < -0.3 is 75.5 Å². The van der Waals surface area contributed by atoms with Crippen molar-refractivity contribution >= 4 is 93.5 Å². The fourth-order valence-electron chi connectivity index (χ4n) is 12.7. The van der Waals surface area contributed by atoms with Crippen LogP contribution in [0.2, 0.25) is 0 Å². The third-order valence-corrected chi connectivity index (χ3v) is 20.8. The van der Waals surface area contributed by atoms with E-state index in [0.717, 1.165) is 28.2 Å². The second kappa shape index (κ2) is 44.9. The monoisotopic (exact) mass is 1560 g/mol. The number of nitrogens with two attached hydrogens (primary N) is 1. The topological polar surface area (TPSA) is 335 Å². The molecule has 28 nitrogen and oxygen atoms in total. The lowest BCUT2D eigenvalue weighted by Gasteiger charge is -2.38. The first-order valence-electron chi connectivity index (χ1n) is 36.7. The number of unbranched alkanes of at least 4 members (excludes halogenated alkanes) is 1. The van der Waals surface area contributed by atoms with Crippen LogP contribution >= 0.6 is 22.6 Å². The van der Waals surface area contributed by atoms with E-state index in [9.17, 15) is 53.1 Å². The second-order valence-electron chi connectivity index (χ2n) is 29.2. The predicted molar refractivity (Wildman–Crippen MR) is 402 cm³/mol. The van der Waals surface area contributed by atoms with Crippen molar-refractivity contribution in [2.24, 2.45) is 29.4 Å². The van der Waals surface area contributed by atoms with Crippen molar-refractivity contribution < 1.29 is 72.1 Å². The molecule has 3 rings (SSSR count). The summed E-state index contributed by atoms with van der Waals surface area (Å²) in [4.78, 5) is 186. The number of hydrogen-bond donors (Lipinski definition) is 5. The standard InChI is InChI=1S/C74H124IN13O15/c1-19-22-31-88(73(100)63(75)51(12)89)45-62(91)81(14)58(41-48(6)7)68(95)77-53(70(97)87-32-27-24-28-33-87)44-61(90)80(13)55(20-2)66(93)78-54(46-103-39-36-86-34-37-102-38-35-86)69(96)84(17)59(42-49(8)9)71(98)82(15)56(21-3)67(94)79-64(50(10)11)74(101)85(18)60(43-52-29-25-23-26-30-52)72(99)83(16)57(65(76)92)40-47(4)5/h21,23,25-26,29-30,47-51,53-60,63-64,89H,3,19-20,22,24,27-28,31-46H2,1-2,4-18H3,(H2,76,92)(H,77,95)(H,78,93)(H,79,94)/t51-,53+,54?,55+,56+,57+,58+,59+,60+,63+,64+/m1/s1. The summed E-state index contributed by atoms with van der Waals surface area (Å²) in [5, 5.41) is 18.8. The second-order valence-corrected chi connectivity index (χ2v) is 30.5. The first-order valence-corrected chi connectivity index (χ1v) is 37.9. The Morgan fingerprint density at radius 2 is 1.15 bits per heavy atom. The van der Waals surface area contributed by atoms with Crippen molar-refractivity contribution in [1.82, 2.24) is 60.0 Å². The maximum atomic E-state index is 15.2. The average Bonchev–Trinajstić information content (AvgIpc) is 0.823. The van der Waals surface area contributed by atoms with E-state index in [1.54, 1.807) is 37.8 Å². The van der Waals surface area contributed by atoms with E-state index >= 15 is 9.59 Å². The van der Waals surface area contributed by atoms with Crippen LogP contribution in [0, 0.1) is 23.7 Å². The molecule has 0 radical (unpaired) electrons.